The van der Waals surface area contributed by atoms with E-state index in [1.165, 1.54) is 0 Å². The molecule has 1 aromatic rings. The second-order valence-corrected chi connectivity index (χ2v) is 15.0. The molecule has 1 amide bonds. The summed E-state index contributed by atoms with van der Waals surface area (Å²) in [5, 5.41) is 12.3. The maximum atomic E-state index is 12.6. The highest BCUT2D eigenvalue weighted by atomic mass is 32.2. The van der Waals surface area contributed by atoms with Gasteiger partial charge in [0.25, 0.3) is 9.04 Å². The quantitative estimate of drug-likeness (QED) is 0.193. The van der Waals surface area contributed by atoms with Gasteiger partial charge in [0, 0.05) is 33.9 Å². The minimum Gasteiger partial charge on any atom is -0.542 e. The van der Waals surface area contributed by atoms with E-state index in [1.807, 2.05) is 39.0 Å². The topological polar surface area (TPSA) is 97.4 Å². The van der Waals surface area contributed by atoms with Crippen LogP contribution in [0.4, 0.5) is 4.79 Å². The maximum Gasteiger partial charge on any atom is 0.410 e. The lowest BCUT2D eigenvalue weighted by Gasteiger charge is -2.43. The van der Waals surface area contributed by atoms with Gasteiger partial charge in [0.2, 0.25) is 0 Å². The van der Waals surface area contributed by atoms with Gasteiger partial charge in [-0.1, -0.05) is 32.0 Å². The number of nitrogens with zero attached hydrogens (tertiary/aromatic N) is 2. The standard InChI is InChI=1S/C24H36N3O4SSi/c1-22(2,3)30-21(28)27-12-10-24(11-13-27)15-18(31-33(7)23(4,5)6)17-14-16(20(25)26-29)8-9-19(17)32-24/h8-9,14-15,29H,10-13H2,1-7H3,(H2,25,26). The fourth-order valence-electron chi connectivity index (χ4n) is 3.64. The lowest BCUT2D eigenvalue weighted by molar-refractivity contribution is 0.0207. The number of rotatable bonds is 3. The number of likely N-dealkylation sites (tertiary alicyclic amines) is 1. The molecule has 0 aromatic heterocycles. The van der Waals surface area contributed by atoms with Crippen LogP contribution in [-0.4, -0.2) is 54.5 Å². The van der Waals surface area contributed by atoms with Crippen LogP contribution in [0.2, 0.25) is 11.6 Å². The van der Waals surface area contributed by atoms with E-state index in [0.29, 0.717) is 18.7 Å². The Balaban J connectivity index is 1.90. The molecule has 2 aliphatic heterocycles. The molecule has 7 nitrogen and oxygen atoms in total. The first-order chi connectivity index (χ1) is 15.2. The molecule has 3 rings (SSSR count). The minimum atomic E-state index is -1.15. The van der Waals surface area contributed by atoms with Crippen LogP contribution in [0.3, 0.4) is 0 Å². The van der Waals surface area contributed by atoms with E-state index in [4.69, 9.17) is 20.1 Å². The number of carbonyl (C=O) groups excluding carboxylic acids is 1. The number of amidine groups is 1. The van der Waals surface area contributed by atoms with Gasteiger partial charge < -0.3 is 25.0 Å². The summed E-state index contributed by atoms with van der Waals surface area (Å²) < 4.78 is 12.0. The maximum absolute atomic E-state index is 12.6. The Labute approximate surface area is 203 Å². The Kier molecular flexibility index (Phi) is 7.15. The number of amides is 1. The van der Waals surface area contributed by atoms with Gasteiger partial charge in [-0.15, -0.1) is 11.8 Å². The van der Waals surface area contributed by atoms with E-state index in [-0.39, 0.29) is 21.7 Å². The summed E-state index contributed by atoms with van der Waals surface area (Å²) in [4.78, 5) is 15.5. The average Bonchev–Trinajstić information content (AvgIpc) is 2.71. The summed E-state index contributed by atoms with van der Waals surface area (Å²) in [6.45, 7) is 15.7. The van der Waals surface area contributed by atoms with Gasteiger partial charge >= 0.3 is 6.09 Å². The van der Waals surface area contributed by atoms with Crippen molar-refractivity contribution in [3.05, 3.63) is 35.4 Å². The highest BCUT2D eigenvalue weighted by Gasteiger charge is 2.41. The van der Waals surface area contributed by atoms with Gasteiger partial charge in [0.05, 0.1) is 0 Å². The second kappa shape index (κ2) is 9.25. The van der Waals surface area contributed by atoms with Crippen molar-refractivity contribution in [2.75, 3.05) is 13.1 Å². The van der Waals surface area contributed by atoms with E-state index in [9.17, 15) is 4.79 Å². The van der Waals surface area contributed by atoms with Crippen LogP contribution in [0.1, 0.15) is 65.5 Å². The molecule has 181 valence electrons. The van der Waals surface area contributed by atoms with E-state index >= 15 is 0 Å². The Hall–Kier alpha value is -2.13. The number of benzene rings is 1. The molecule has 0 atom stereocenters. The Morgan fingerprint density at radius 2 is 1.85 bits per heavy atom. The van der Waals surface area contributed by atoms with Crippen LogP contribution in [0.25, 0.3) is 5.76 Å². The van der Waals surface area contributed by atoms with Crippen molar-refractivity contribution in [2.45, 2.75) is 81.2 Å². The molecule has 1 fully saturated rings. The molecule has 1 spiro atoms. The number of hydrogen-bond acceptors (Lipinski definition) is 6. The zero-order valence-electron chi connectivity index (χ0n) is 20.7. The smallest absolute Gasteiger partial charge is 0.410 e. The normalized spacial score (nSPS) is 18.7. The van der Waals surface area contributed by atoms with Crippen molar-refractivity contribution in [1.82, 2.24) is 4.90 Å². The average molecular weight is 491 g/mol. The summed E-state index contributed by atoms with van der Waals surface area (Å²) in [6.07, 6.45) is 3.61. The van der Waals surface area contributed by atoms with Crippen LogP contribution in [0, 0.1) is 0 Å². The summed E-state index contributed by atoms with van der Waals surface area (Å²) in [5.74, 6) is 0.930. The molecule has 0 aliphatic carbocycles. The van der Waals surface area contributed by atoms with E-state index < -0.39 is 14.6 Å². The summed E-state index contributed by atoms with van der Waals surface area (Å²) in [7, 11) is -1.15. The first-order valence-electron chi connectivity index (χ1n) is 11.3. The number of nitrogens with two attached hydrogens (primary N) is 1. The van der Waals surface area contributed by atoms with Crippen molar-refractivity contribution in [3.8, 4) is 0 Å². The fraction of sp³-hybridized carbons (Fsp3) is 0.583. The van der Waals surface area contributed by atoms with Crippen LogP contribution >= 0.6 is 11.8 Å². The van der Waals surface area contributed by atoms with Crippen LogP contribution in [0.15, 0.2) is 34.3 Å². The van der Waals surface area contributed by atoms with Crippen molar-refractivity contribution in [2.24, 2.45) is 10.9 Å². The summed E-state index contributed by atoms with van der Waals surface area (Å²) in [5.41, 5.74) is 6.98. The van der Waals surface area contributed by atoms with Crippen LogP contribution in [0.5, 0.6) is 0 Å². The number of piperidine rings is 1. The molecule has 3 N–H and O–H groups in total. The molecule has 2 heterocycles. The minimum absolute atomic E-state index is 0.0622. The number of fused-ring (bicyclic) bond motifs is 1. The molecule has 9 heteroatoms. The third-order valence-electron chi connectivity index (χ3n) is 5.94. The molecule has 0 unspecified atom stereocenters. The predicted octanol–water partition coefficient (Wildman–Crippen LogP) is 5.44. The molecule has 0 bridgehead atoms. The van der Waals surface area contributed by atoms with Crippen LogP contribution < -0.4 is 5.73 Å². The van der Waals surface area contributed by atoms with E-state index in [2.05, 4.69) is 38.5 Å². The first kappa shape index (κ1) is 25.5. The van der Waals surface area contributed by atoms with E-state index in [0.717, 1.165) is 29.1 Å². The monoisotopic (exact) mass is 490 g/mol. The molecular weight excluding hydrogens is 454 g/mol. The zero-order chi connectivity index (χ0) is 24.6. The van der Waals surface area contributed by atoms with Gasteiger partial charge in [0.15, 0.2) is 5.84 Å². The number of ether oxygens (including phenoxy) is 1. The van der Waals surface area contributed by atoms with Gasteiger partial charge in [-0.25, -0.2) is 4.79 Å². The Bertz CT molecular complexity index is 957. The number of carbonyl (C=O) groups is 1. The molecular formula is C24H36N3O4SSi. The van der Waals surface area contributed by atoms with Crippen LogP contribution in [-0.2, 0) is 9.16 Å². The van der Waals surface area contributed by atoms with Crippen molar-refractivity contribution >= 4 is 38.5 Å². The molecule has 0 saturated carbocycles. The first-order valence-corrected chi connectivity index (χ1v) is 14.0. The van der Waals surface area contributed by atoms with Gasteiger partial charge in [-0.2, -0.15) is 0 Å². The van der Waals surface area contributed by atoms with Crippen molar-refractivity contribution < 1.29 is 19.2 Å². The lowest BCUT2D eigenvalue weighted by atomic mass is 9.93. The Morgan fingerprint density at radius 3 is 2.39 bits per heavy atom. The third kappa shape index (κ3) is 6.06. The van der Waals surface area contributed by atoms with Crippen molar-refractivity contribution in [1.29, 1.82) is 0 Å². The fourth-order valence-corrected chi connectivity index (χ4v) is 5.84. The van der Waals surface area contributed by atoms with E-state index in [1.54, 1.807) is 16.7 Å². The third-order valence-corrected chi connectivity index (χ3v) is 10.1. The molecule has 1 saturated heterocycles. The lowest BCUT2D eigenvalue weighted by Crippen LogP contribution is -2.46. The highest BCUT2D eigenvalue weighted by Crippen LogP contribution is 2.50. The molecule has 1 radical (unpaired) electrons. The summed E-state index contributed by atoms with van der Waals surface area (Å²) >= 11 is 1.81. The van der Waals surface area contributed by atoms with Gasteiger partial charge in [-0.3, -0.25) is 0 Å². The van der Waals surface area contributed by atoms with Gasteiger partial charge in [-0.05, 0) is 63.4 Å². The summed E-state index contributed by atoms with van der Waals surface area (Å²) in [6, 6.07) is 5.82. The van der Waals surface area contributed by atoms with Crippen molar-refractivity contribution in [3.63, 3.8) is 0 Å². The Morgan fingerprint density at radius 1 is 1.21 bits per heavy atom. The molecule has 2 aliphatic rings. The number of oxime groups is 1. The number of hydrogen-bond donors (Lipinski definition) is 2. The number of thioether (sulfide) groups is 1. The predicted molar refractivity (Wildman–Crippen MR) is 135 cm³/mol. The SMILES string of the molecule is C[Si](OC1=CC2(CCN(C(=O)OC(C)(C)C)CC2)Sc2ccc(C(N)=NO)cc21)C(C)(C)C. The highest BCUT2D eigenvalue weighted by molar-refractivity contribution is 8.01. The second-order valence-electron chi connectivity index (χ2n) is 10.7. The largest absolute Gasteiger partial charge is 0.542 e. The zero-order valence-corrected chi connectivity index (χ0v) is 22.5. The van der Waals surface area contributed by atoms with Gasteiger partial charge in [0.1, 0.15) is 11.4 Å². The molecule has 1 aromatic carbocycles. The molecule has 33 heavy (non-hydrogen) atoms.